The Hall–Kier alpha value is -4.71. The Morgan fingerprint density at radius 1 is 1.13 bits per heavy atom. The van der Waals surface area contributed by atoms with Crippen molar-refractivity contribution in [2.75, 3.05) is 26.7 Å². The van der Waals surface area contributed by atoms with Crippen LogP contribution in [0.15, 0.2) is 36.2 Å². The van der Waals surface area contributed by atoms with E-state index in [2.05, 4.69) is 16.6 Å². The molecule has 4 heterocycles. The third kappa shape index (κ3) is 9.17. The number of piperidine rings is 1. The highest BCUT2D eigenvalue weighted by atomic mass is 32.2. The van der Waals surface area contributed by atoms with Crippen LogP contribution in [0.1, 0.15) is 96.7 Å². The van der Waals surface area contributed by atoms with Crippen molar-refractivity contribution < 1.29 is 45.9 Å². The fourth-order valence-electron chi connectivity index (χ4n) is 8.50. The van der Waals surface area contributed by atoms with Crippen LogP contribution in [0.2, 0.25) is 0 Å². The highest BCUT2D eigenvalue weighted by Gasteiger charge is 2.62. The van der Waals surface area contributed by atoms with E-state index in [0.29, 0.717) is 45.9 Å². The molecule has 2 aliphatic heterocycles. The second-order valence-electron chi connectivity index (χ2n) is 18.6. The first-order chi connectivity index (χ1) is 29.1. The molecular weight excluding hydrogens is 843 g/mol. The molecule has 14 nitrogen and oxygen atoms in total. The number of carbonyl (C=O) groups is 4. The molecule has 0 radical (unpaired) electrons. The van der Waals surface area contributed by atoms with E-state index in [4.69, 9.17) is 19.4 Å². The zero-order chi connectivity index (χ0) is 45.1. The van der Waals surface area contributed by atoms with Gasteiger partial charge in [0.2, 0.25) is 27.7 Å². The zero-order valence-corrected chi connectivity index (χ0v) is 37.9. The van der Waals surface area contributed by atoms with Crippen LogP contribution < -0.4 is 19.5 Å². The van der Waals surface area contributed by atoms with Gasteiger partial charge in [-0.1, -0.05) is 40.7 Å². The number of ether oxygens (including phenoxy) is 2. The summed E-state index contributed by atoms with van der Waals surface area (Å²) in [5.74, 6) is -6.19. The zero-order valence-electron chi connectivity index (χ0n) is 36.3. The van der Waals surface area contributed by atoms with E-state index >= 15 is 0 Å². The van der Waals surface area contributed by atoms with Gasteiger partial charge >= 0.3 is 0 Å². The number of aryl methyl sites for hydroxylation is 1. The molecule has 18 heteroatoms. The number of rotatable bonds is 14. The summed E-state index contributed by atoms with van der Waals surface area (Å²) in [4.78, 5) is 69.2. The predicted octanol–water partition coefficient (Wildman–Crippen LogP) is 6.13. The van der Waals surface area contributed by atoms with Gasteiger partial charge in [0, 0.05) is 54.1 Å². The summed E-state index contributed by atoms with van der Waals surface area (Å²) in [7, 11) is -2.39. The van der Waals surface area contributed by atoms with Gasteiger partial charge in [-0.25, -0.2) is 27.2 Å². The second-order valence-corrected chi connectivity index (χ2v) is 21.4. The van der Waals surface area contributed by atoms with Gasteiger partial charge in [0.05, 0.1) is 42.6 Å². The summed E-state index contributed by atoms with van der Waals surface area (Å²) in [5.41, 5.74) is 0.337. The molecule has 1 aromatic carbocycles. The minimum absolute atomic E-state index is 0.0411. The predicted molar refractivity (Wildman–Crippen MR) is 230 cm³/mol. The number of sulfonamides is 1. The van der Waals surface area contributed by atoms with Gasteiger partial charge in [-0.05, 0) is 56.1 Å². The van der Waals surface area contributed by atoms with Crippen molar-refractivity contribution >= 4 is 55.9 Å². The molecule has 4 aliphatic rings. The lowest BCUT2D eigenvalue weighted by Gasteiger charge is -2.37. The maximum absolute atomic E-state index is 14.9. The molecule has 62 heavy (non-hydrogen) atoms. The summed E-state index contributed by atoms with van der Waals surface area (Å²) in [6, 6.07) is 4.17. The van der Waals surface area contributed by atoms with Crippen molar-refractivity contribution in [1.82, 2.24) is 29.8 Å². The molecular formula is C44H56F2N6O8S2. The first-order valence-corrected chi connectivity index (χ1v) is 23.6. The third-order valence-electron chi connectivity index (χ3n) is 12.6. The molecule has 4 amide bonds. The van der Waals surface area contributed by atoms with E-state index in [9.17, 15) is 36.4 Å². The maximum atomic E-state index is 14.9. The molecule has 4 fully saturated rings. The first kappa shape index (κ1) is 45.3. The van der Waals surface area contributed by atoms with Crippen LogP contribution in [0, 0.1) is 24.2 Å². The summed E-state index contributed by atoms with van der Waals surface area (Å²) in [6.45, 7) is 14.4. The molecule has 2 N–H and O–H groups in total. The smallest absolute Gasteiger partial charge is 0.265 e. The number of fused-ring (bicyclic) bond motifs is 1. The molecule has 2 aromatic heterocycles. The van der Waals surface area contributed by atoms with Gasteiger partial charge in [-0.15, -0.1) is 17.9 Å². The number of hydrogen-bond acceptors (Lipinski definition) is 11. The van der Waals surface area contributed by atoms with E-state index < -0.39 is 86.3 Å². The quantitative estimate of drug-likeness (QED) is 0.179. The molecule has 0 spiro atoms. The summed E-state index contributed by atoms with van der Waals surface area (Å²) < 4.78 is 69.1. The van der Waals surface area contributed by atoms with Crippen molar-refractivity contribution in [3.8, 4) is 22.2 Å². The Balaban J connectivity index is 1.23. The van der Waals surface area contributed by atoms with Crippen LogP contribution in [0.3, 0.4) is 0 Å². The Morgan fingerprint density at radius 3 is 2.45 bits per heavy atom. The number of nitrogens with one attached hydrogen (secondary N) is 2. The Morgan fingerprint density at radius 2 is 1.85 bits per heavy atom. The number of thiazole rings is 1. The number of amides is 4. The van der Waals surface area contributed by atoms with E-state index in [0.717, 1.165) is 16.2 Å². The molecule has 2 saturated carbocycles. The Kier molecular flexibility index (Phi) is 12.3. The van der Waals surface area contributed by atoms with Crippen LogP contribution in [-0.4, -0.2) is 107 Å². The number of carbonyl (C=O) groups excluding carboxylic acids is 4. The minimum atomic E-state index is -3.96. The number of nitrogens with zero attached hydrogens (tertiary/aromatic N) is 4. The van der Waals surface area contributed by atoms with Crippen LogP contribution >= 0.6 is 11.3 Å². The summed E-state index contributed by atoms with van der Waals surface area (Å²) >= 11 is 1.44. The highest BCUT2D eigenvalue weighted by Crippen LogP contribution is 2.46. The highest BCUT2D eigenvalue weighted by molar-refractivity contribution is 7.91. The standard InChI is InChI=1S/C44H56F2N6O8S2/c1-9-26-20-44(26,41(56)50-62(57,58)28-11-12-28)49-38(54)33-17-27(21-52(33)40(55)30(42(5,6)7)18-36(53)51-16-10-15-43(45,46)23-51)60-35-19-31(39-48-32(22-61-39)24(2)3)47-37-25(4)34(59-8)14-13-29(35)37/h9,13-14,19,22,24,26-28,30,33H,1,10-12,15-18,20-21,23H2,2-8H3,(H,49,54)(H,50,56)/t26-,27-,30-,33+,44?/m1/s1. The lowest BCUT2D eigenvalue weighted by atomic mass is 9.77. The monoisotopic (exact) mass is 898 g/mol. The fraction of sp³-hybridized carbons (Fsp3) is 0.591. The van der Waals surface area contributed by atoms with Gasteiger partial charge in [0.25, 0.3) is 11.8 Å². The van der Waals surface area contributed by atoms with Crippen molar-refractivity contribution in [3.05, 3.63) is 47.5 Å². The van der Waals surface area contributed by atoms with Gasteiger partial charge in [0.1, 0.15) is 39.9 Å². The van der Waals surface area contributed by atoms with E-state index in [1.165, 1.54) is 22.3 Å². The van der Waals surface area contributed by atoms with Crippen LogP contribution in [-0.2, 0) is 29.2 Å². The molecule has 2 saturated heterocycles. The Bertz CT molecular complexity index is 2400. The van der Waals surface area contributed by atoms with Crippen LogP contribution in [0.4, 0.5) is 8.78 Å². The van der Waals surface area contributed by atoms with E-state index in [1.807, 2.05) is 32.2 Å². The van der Waals surface area contributed by atoms with Gasteiger partial charge in [-0.3, -0.25) is 23.9 Å². The number of aromatic nitrogens is 2. The van der Waals surface area contributed by atoms with Crippen molar-refractivity contribution in [2.24, 2.45) is 17.3 Å². The van der Waals surface area contributed by atoms with Crippen LogP contribution in [0.25, 0.3) is 21.6 Å². The molecule has 336 valence electrons. The fourth-order valence-corrected chi connectivity index (χ4v) is 10.8. The average Bonchev–Trinajstić information content (AvgIpc) is 4.08. The lowest BCUT2D eigenvalue weighted by molar-refractivity contribution is -0.151. The van der Waals surface area contributed by atoms with E-state index in [1.54, 1.807) is 40.0 Å². The molecule has 7 rings (SSSR count). The summed E-state index contributed by atoms with van der Waals surface area (Å²) in [5, 5.41) is 5.42. The summed E-state index contributed by atoms with van der Waals surface area (Å²) in [6.07, 6.45) is 1.02. The number of likely N-dealkylation sites (tertiary alicyclic amines) is 2. The molecule has 5 atom stereocenters. The number of hydrogen-bond donors (Lipinski definition) is 2. The number of pyridine rings is 1. The molecule has 0 bridgehead atoms. The number of benzene rings is 1. The van der Waals surface area contributed by atoms with Gasteiger partial charge in [0.15, 0.2) is 0 Å². The van der Waals surface area contributed by atoms with Crippen molar-refractivity contribution in [1.29, 1.82) is 0 Å². The third-order valence-corrected chi connectivity index (χ3v) is 15.3. The maximum Gasteiger partial charge on any atom is 0.265 e. The number of halogens is 2. The van der Waals surface area contributed by atoms with Gasteiger partial charge in [-0.2, -0.15) is 0 Å². The van der Waals surface area contributed by atoms with E-state index in [-0.39, 0.29) is 51.1 Å². The average molecular weight is 899 g/mol. The largest absolute Gasteiger partial charge is 0.496 e. The van der Waals surface area contributed by atoms with Crippen molar-refractivity contribution in [2.45, 2.75) is 121 Å². The SMILES string of the molecule is C=C[C@@H]1CC1(NC(=O)[C@@H]1C[C@@H](Oc2cc(-c3nc(C(C)C)cs3)nc3c(C)c(OC)ccc23)CN1C(=O)[C@@H](CC(=O)N1CCCC(F)(F)C1)C(C)(C)C)C(=O)NS(=O)(=O)C1CC1. The molecule has 3 aromatic rings. The first-order valence-electron chi connectivity index (χ1n) is 21.1. The minimum Gasteiger partial charge on any atom is -0.496 e. The van der Waals surface area contributed by atoms with Crippen LogP contribution in [0.5, 0.6) is 11.5 Å². The van der Waals surface area contributed by atoms with Gasteiger partial charge < -0.3 is 24.6 Å². The molecule has 1 unspecified atom stereocenters. The number of alkyl halides is 2. The normalized spacial score (nSPS) is 24.1. The Labute approximate surface area is 365 Å². The number of methoxy groups -OCH3 is 1. The lowest BCUT2D eigenvalue weighted by Crippen LogP contribution is -2.57. The topological polar surface area (TPSA) is 177 Å². The van der Waals surface area contributed by atoms with Crippen molar-refractivity contribution in [3.63, 3.8) is 0 Å². The molecule has 2 aliphatic carbocycles. The second kappa shape index (κ2) is 16.8.